The van der Waals surface area contributed by atoms with E-state index in [-0.39, 0.29) is 0 Å². The lowest BCUT2D eigenvalue weighted by molar-refractivity contribution is 0.415. The third-order valence-corrected chi connectivity index (χ3v) is 4.48. The van der Waals surface area contributed by atoms with Crippen molar-refractivity contribution in [3.8, 4) is 27.6 Å². The summed E-state index contributed by atoms with van der Waals surface area (Å²) in [6, 6.07) is 15.7. The molecule has 0 spiro atoms. The van der Waals surface area contributed by atoms with Crippen molar-refractivity contribution >= 4 is 22.2 Å². The number of oxazole rings is 1. The largest absolute Gasteiger partial charge is 0.496 e. The predicted octanol–water partition coefficient (Wildman–Crippen LogP) is 4.61. The number of benzene rings is 2. The Morgan fingerprint density at radius 3 is 2.72 bits per heavy atom. The molecule has 0 aliphatic heterocycles. The molecule has 0 bridgehead atoms. The maximum atomic E-state index is 5.46. The average Bonchev–Trinajstić information content (AvgIpc) is 3.34. The quantitative estimate of drug-likeness (QED) is 0.566. The van der Waals surface area contributed by atoms with E-state index in [0.29, 0.717) is 16.6 Å². The summed E-state index contributed by atoms with van der Waals surface area (Å²) in [6.45, 7) is 0. The molecule has 0 amide bonds. The third kappa shape index (κ3) is 3.22. The fourth-order valence-electron chi connectivity index (χ4n) is 2.42. The molecule has 25 heavy (non-hydrogen) atoms. The SMILES string of the molecule is COc1cc(Nc2nnc(-c3ccccc3)s2)ccc1-c1cnco1. The predicted molar refractivity (Wildman–Crippen MR) is 97.1 cm³/mol. The van der Waals surface area contributed by atoms with E-state index in [1.54, 1.807) is 13.3 Å². The second kappa shape index (κ2) is 6.74. The summed E-state index contributed by atoms with van der Waals surface area (Å²) < 4.78 is 10.8. The smallest absolute Gasteiger partial charge is 0.210 e. The van der Waals surface area contributed by atoms with Gasteiger partial charge in [-0.3, -0.25) is 0 Å². The zero-order chi connectivity index (χ0) is 17.1. The van der Waals surface area contributed by atoms with E-state index < -0.39 is 0 Å². The molecule has 1 N–H and O–H groups in total. The van der Waals surface area contributed by atoms with E-state index >= 15 is 0 Å². The highest BCUT2D eigenvalue weighted by Gasteiger charge is 2.11. The Kier molecular flexibility index (Phi) is 4.14. The molecule has 0 aliphatic rings. The van der Waals surface area contributed by atoms with Gasteiger partial charge < -0.3 is 14.5 Å². The molecule has 4 aromatic rings. The van der Waals surface area contributed by atoms with Gasteiger partial charge in [0, 0.05) is 17.3 Å². The molecule has 0 unspecified atom stereocenters. The summed E-state index contributed by atoms with van der Waals surface area (Å²) in [5, 5.41) is 13.3. The van der Waals surface area contributed by atoms with Crippen molar-refractivity contribution < 1.29 is 9.15 Å². The fraction of sp³-hybridized carbons (Fsp3) is 0.0556. The van der Waals surface area contributed by atoms with Gasteiger partial charge in [0.05, 0.1) is 18.9 Å². The van der Waals surface area contributed by atoms with Gasteiger partial charge in [-0.2, -0.15) is 0 Å². The summed E-state index contributed by atoms with van der Waals surface area (Å²) in [5.74, 6) is 1.35. The molecule has 2 aromatic carbocycles. The molecule has 0 atom stereocenters. The molecule has 124 valence electrons. The highest BCUT2D eigenvalue weighted by atomic mass is 32.1. The fourth-order valence-corrected chi connectivity index (χ4v) is 3.19. The van der Waals surface area contributed by atoms with E-state index in [4.69, 9.17) is 9.15 Å². The van der Waals surface area contributed by atoms with Crippen LogP contribution in [0.2, 0.25) is 0 Å². The van der Waals surface area contributed by atoms with E-state index in [2.05, 4.69) is 20.5 Å². The molecule has 0 saturated carbocycles. The van der Waals surface area contributed by atoms with Crippen LogP contribution in [0.15, 0.2) is 65.5 Å². The van der Waals surface area contributed by atoms with Gasteiger partial charge in [0.1, 0.15) is 10.8 Å². The van der Waals surface area contributed by atoms with Crippen molar-refractivity contribution in [2.45, 2.75) is 0 Å². The van der Waals surface area contributed by atoms with Crippen LogP contribution in [0.4, 0.5) is 10.8 Å². The molecule has 7 heteroatoms. The second-order valence-corrected chi connectivity index (χ2v) is 6.16. The maximum Gasteiger partial charge on any atom is 0.210 e. The first-order valence-electron chi connectivity index (χ1n) is 7.56. The lowest BCUT2D eigenvalue weighted by Gasteiger charge is -2.09. The average molecular weight is 350 g/mol. The second-order valence-electron chi connectivity index (χ2n) is 5.18. The molecule has 0 fully saturated rings. The Hall–Kier alpha value is -3.19. The van der Waals surface area contributed by atoms with Gasteiger partial charge in [0.25, 0.3) is 0 Å². The number of nitrogens with one attached hydrogen (secondary N) is 1. The number of methoxy groups -OCH3 is 1. The summed E-state index contributed by atoms with van der Waals surface area (Å²) >= 11 is 1.49. The van der Waals surface area contributed by atoms with Crippen LogP contribution < -0.4 is 10.1 Å². The zero-order valence-electron chi connectivity index (χ0n) is 13.3. The van der Waals surface area contributed by atoms with Crippen molar-refractivity contribution in [2.75, 3.05) is 12.4 Å². The van der Waals surface area contributed by atoms with Gasteiger partial charge in [0.2, 0.25) is 5.13 Å². The van der Waals surface area contributed by atoms with Crippen molar-refractivity contribution in [1.82, 2.24) is 15.2 Å². The Bertz CT molecular complexity index is 968. The van der Waals surface area contributed by atoms with E-state index in [9.17, 15) is 0 Å². The van der Waals surface area contributed by atoms with Crippen LogP contribution in [0.5, 0.6) is 5.75 Å². The highest BCUT2D eigenvalue weighted by Crippen LogP contribution is 2.34. The number of ether oxygens (including phenoxy) is 1. The summed E-state index contributed by atoms with van der Waals surface area (Å²) in [5.41, 5.74) is 2.75. The topological polar surface area (TPSA) is 73.1 Å². The van der Waals surface area contributed by atoms with Gasteiger partial charge in [-0.1, -0.05) is 41.7 Å². The van der Waals surface area contributed by atoms with Crippen molar-refractivity contribution in [1.29, 1.82) is 0 Å². The molecule has 6 nitrogen and oxygen atoms in total. The Morgan fingerprint density at radius 2 is 1.96 bits per heavy atom. The number of rotatable bonds is 5. The summed E-state index contributed by atoms with van der Waals surface area (Å²) in [7, 11) is 1.62. The van der Waals surface area contributed by atoms with Crippen molar-refractivity contribution in [3.05, 3.63) is 61.1 Å². The Balaban J connectivity index is 1.58. The first kappa shape index (κ1) is 15.3. The molecular weight excluding hydrogens is 336 g/mol. The van der Waals surface area contributed by atoms with Crippen molar-refractivity contribution in [2.24, 2.45) is 0 Å². The van der Waals surface area contributed by atoms with Crippen LogP contribution in [-0.2, 0) is 0 Å². The molecule has 0 saturated heterocycles. The first-order chi connectivity index (χ1) is 12.3. The van der Waals surface area contributed by atoms with Crippen LogP contribution in [0, 0.1) is 0 Å². The van der Waals surface area contributed by atoms with E-state index in [1.165, 1.54) is 17.7 Å². The minimum Gasteiger partial charge on any atom is -0.496 e. The molecule has 2 aromatic heterocycles. The van der Waals surface area contributed by atoms with Crippen LogP contribution in [0.3, 0.4) is 0 Å². The number of hydrogen-bond donors (Lipinski definition) is 1. The maximum absolute atomic E-state index is 5.46. The number of nitrogens with zero attached hydrogens (tertiary/aromatic N) is 3. The minimum atomic E-state index is 0.658. The molecule has 0 aliphatic carbocycles. The molecular formula is C18H14N4O2S. The van der Waals surface area contributed by atoms with Crippen LogP contribution >= 0.6 is 11.3 Å². The van der Waals surface area contributed by atoms with Gasteiger partial charge in [0.15, 0.2) is 12.2 Å². The highest BCUT2D eigenvalue weighted by molar-refractivity contribution is 7.18. The van der Waals surface area contributed by atoms with Crippen LogP contribution in [0.1, 0.15) is 0 Å². The van der Waals surface area contributed by atoms with Crippen LogP contribution in [-0.4, -0.2) is 22.3 Å². The Labute approximate surface area is 148 Å². The van der Waals surface area contributed by atoms with Gasteiger partial charge in [-0.15, -0.1) is 10.2 Å². The van der Waals surface area contributed by atoms with E-state index in [1.807, 2.05) is 48.5 Å². The van der Waals surface area contributed by atoms with E-state index in [0.717, 1.165) is 21.8 Å². The number of aromatic nitrogens is 3. The van der Waals surface area contributed by atoms with Gasteiger partial charge in [-0.25, -0.2) is 4.98 Å². The first-order valence-corrected chi connectivity index (χ1v) is 8.38. The number of anilines is 2. The van der Waals surface area contributed by atoms with Crippen molar-refractivity contribution in [3.63, 3.8) is 0 Å². The molecule has 0 radical (unpaired) electrons. The Morgan fingerprint density at radius 1 is 1.08 bits per heavy atom. The lowest BCUT2D eigenvalue weighted by Crippen LogP contribution is -1.93. The standard InChI is InChI=1S/C18H14N4O2S/c1-23-15-9-13(7-8-14(15)16-10-19-11-24-16)20-18-22-21-17(25-18)12-5-3-2-4-6-12/h2-11H,1H3,(H,20,22). The lowest BCUT2D eigenvalue weighted by atomic mass is 10.1. The van der Waals surface area contributed by atoms with Gasteiger partial charge in [-0.05, 0) is 12.1 Å². The minimum absolute atomic E-state index is 0.658. The normalized spacial score (nSPS) is 10.6. The molecule has 2 heterocycles. The summed E-state index contributed by atoms with van der Waals surface area (Å²) in [6.07, 6.45) is 3.05. The molecule has 4 rings (SSSR count). The monoisotopic (exact) mass is 350 g/mol. The third-order valence-electron chi connectivity index (χ3n) is 3.60. The summed E-state index contributed by atoms with van der Waals surface area (Å²) in [4.78, 5) is 3.94. The number of hydrogen-bond acceptors (Lipinski definition) is 7. The van der Waals surface area contributed by atoms with Gasteiger partial charge >= 0.3 is 0 Å². The zero-order valence-corrected chi connectivity index (χ0v) is 14.2. The van der Waals surface area contributed by atoms with Crippen LogP contribution in [0.25, 0.3) is 21.9 Å².